The van der Waals surface area contributed by atoms with Gasteiger partial charge in [-0.2, -0.15) is 0 Å². The Labute approximate surface area is 151 Å². The maximum Gasteiger partial charge on any atom is 0.304 e. The van der Waals surface area contributed by atoms with Crippen molar-refractivity contribution in [1.82, 2.24) is 4.57 Å². The van der Waals surface area contributed by atoms with Crippen LogP contribution in [-0.4, -0.2) is 15.6 Å². The second-order valence-corrected chi connectivity index (χ2v) is 7.59. The van der Waals surface area contributed by atoms with E-state index in [9.17, 15) is 14.3 Å². The fraction of sp³-hybridized carbons (Fsp3) is 0.350. The van der Waals surface area contributed by atoms with Gasteiger partial charge in [-0.25, -0.2) is 4.39 Å². The lowest BCUT2D eigenvalue weighted by Gasteiger charge is -2.12. The van der Waals surface area contributed by atoms with E-state index in [1.165, 1.54) is 0 Å². The van der Waals surface area contributed by atoms with E-state index in [-0.39, 0.29) is 24.1 Å². The topological polar surface area (TPSA) is 42.2 Å². The molecule has 25 heavy (non-hydrogen) atoms. The Morgan fingerprint density at radius 2 is 2.28 bits per heavy atom. The smallest absolute Gasteiger partial charge is 0.304 e. The third kappa shape index (κ3) is 3.25. The normalized spacial score (nSPS) is 16.9. The highest BCUT2D eigenvalue weighted by molar-refractivity contribution is 8.02. The molecule has 1 aliphatic rings. The van der Waals surface area contributed by atoms with Gasteiger partial charge in [0.05, 0.1) is 11.9 Å². The Bertz CT molecular complexity index is 866. The lowest BCUT2D eigenvalue weighted by atomic mass is 9.96. The van der Waals surface area contributed by atoms with Gasteiger partial charge in [0.1, 0.15) is 5.82 Å². The summed E-state index contributed by atoms with van der Waals surface area (Å²) < 4.78 is 16.3. The SMILES string of the molecule is C=C/C=C/Sc1c2n(c3cc(F)cc(C(C)C)c13)CCC2CC(=O)O. The second kappa shape index (κ2) is 7.08. The van der Waals surface area contributed by atoms with E-state index < -0.39 is 5.97 Å². The van der Waals surface area contributed by atoms with Crippen LogP contribution in [0.1, 0.15) is 49.8 Å². The van der Waals surface area contributed by atoms with Crippen molar-refractivity contribution in [2.45, 2.75) is 50.0 Å². The molecule has 0 radical (unpaired) electrons. The van der Waals surface area contributed by atoms with E-state index in [1.807, 2.05) is 11.5 Å². The zero-order valence-corrected chi connectivity index (χ0v) is 15.3. The molecule has 5 heteroatoms. The van der Waals surface area contributed by atoms with Crippen molar-refractivity contribution in [3.8, 4) is 0 Å². The first-order valence-electron chi connectivity index (χ1n) is 8.45. The number of allylic oxidation sites excluding steroid dienone is 2. The fourth-order valence-corrected chi connectivity index (χ4v) is 4.73. The molecule has 0 saturated carbocycles. The average molecular weight is 359 g/mol. The van der Waals surface area contributed by atoms with E-state index in [0.717, 1.165) is 40.0 Å². The van der Waals surface area contributed by atoms with Crippen molar-refractivity contribution < 1.29 is 14.3 Å². The Morgan fingerprint density at radius 1 is 1.52 bits per heavy atom. The van der Waals surface area contributed by atoms with Gasteiger partial charge in [0.15, 0.2) is 0 Å². The molecule has 0 bridgehead atoms. The highest BCUT2D eigenvalue weighted by Crippen LogP contribution is 2.47. The first kappa shape index (κ1) is 17.8. The summed E-state index contributed by atoms with van der Waals surface area (Å²) in [7, 11) is 0. The van der Waals surface area contributed by atoms with Crippen molar-refractivity contribution in [2.24, 2.45) is 0 Å². The molecule has 1 aromatic heterocycles. The summed E-state index contributed by atoms with van der Waals surface area (Å²) in [6, 6.07) is 3.19. The van der Waals surface area contributed by atoms with Gasteiger partial charge in [0.2, 0.25) is 0 Å². The van der Waals surface area contributed by atoms with E-state index in [0.29, 0.717) is 0 Å². The minimum absolute atomic E-state index is 0.0346. The number of hydrogen-bond acceptors (Lipinski definition) is 2. The van der Waals surface area contributed by atoms with E-state index in [1.54, 1.807) is 30.0 Å². The monoisotopic (exact) mass is 359 g/mol. The van der Waals surface area contributed by atoms with Crippen molar-refractivity contribution in [2.75, 3.05) is 0 Å². The molecule has 0 aliphatic carbocycles. The minimum Gasteiger partial charge on any atom is -0.481 e. The number of carboxylic acid groups (broad SMARTS) is 1. The quantitative estimate of drug-likeness (QED) is 0.535. The zero-order valence-electron chi connectivity index (χ0n) is 14.5. The highest BCUT2D eigenvalue weighted by atomic mass is 32.2. The fourth-order valence-electron chi connectivity index (χ4n) is 3.67. The standard InChI is InChI=1S/C20H22FNO2S/c1-4-5-8-25-20-18-15(12(2)3)10-14(21)11-16(18)22-7-6-13(19(20)22)9-17(23)24/h4-5,8,10-13H,1,6-7,9H2,2-3H3,(H,23,24)/b8-5+. The molecular formula is C20H22FNO2S. The largest absolute Gasteiger partial charge is 0.481 e. The predicted molar refractivity (Wildman–Crippen MR) is 101 cm³/mol. The highest BCUT2D eigenvalue weighted by Gasteiger charge is 2.32. The van der Waals surface area contributed by atoms with Crippen LogP contribution < -0.4 is 0 Å². The number of fused-ring (bicyclic) bond motifs is 3. The molecule has 0 fully saturated rings. The molecular weight excluding hydrogens is 337 g/mol. The van der Waals surface area contributed by atoms with Gasteiger partial charge in [-0.1, -0.05) is 44.3 Å². The summed E-state index contributed by atoms with van der Waals surface area (Å²) in [5.74, 6) is -0.887. The predicted octanol–water partition coefficient (Wildman–Crippen LogP) is 5.66. The lowest BCUT2D eigenvalue weighted by molar-refractivity contribution is -0.137. The Balaban J connectivity index is 2.28. The van der Waals surface area contributed by atoms with Crippen LogP contribution >= 0.6 is 11.8 Å². The third-order valence-corrected chi connectivity index (χ3v) is 5.63. The number of aromatic nitrogens is 1. The minimum atomic E-state index is -0.795. The zero-order chi connectivity index (χ0) is 18.1. The van der Waals surface area contributed by atoms with Gasteiger partial charge in [-0.3, -0.25) is 4.79 Å². The van der Waals surface area contributed by atoms with Gasteiger partial charge in [0.25, 0.3) is 0 Å². The summed E-state index contributed by atoms with van der Waals surface area (Å²) in [5, 5.41) is 12.3. The molecule has 132 valence electrons. The van der Waals surface area contributed by atoms with Crippen molar-refractivity contribution in [3.63, 3.8) is 0 Å². The van der Waals surface area contributed by atoms with Crippen LogP contribution in [0.4, 0.5) is 4.39 Å². The van der Waals surface area contributed by atoms with Crippen LogP contribution in [0.2, 0.25) is 0 Å². The number of rotatable bonds is 6. The molecule has 3 nitrogen and oxygen atoms in total. The summed E-state index contributed by atoms with van der Waals surface area (Å²) in [4.78, 5) is 12.3. The molecule has 2 aromatic rings. The molecule has 1 aliphatic heterocycles. The third-order valence-electron chi connectivity index (χ3n) is 4.69. The number of nitrogens with zero attached hydrogens (tertiary/aromatic N) is 1. The van der Waals surface area contributed by atoms with Crippen LogP contribution in [0.15, 0.2) is 41.2 Å². The first-order chi connectivity index (χ1) is 11.9. The maximum atomic E-state index is 14.2. The Morgan fingerprint density at radius 3 is 2.92 bits per heavy atom. The number of halogens is 1. The van der Waals surface area contributed by atoms with Crippen LogP contribution in [0.5, 0.6) is 0 Å². The number of aliphatic carboxylic acids is 1. The second-order valence-electron chi connectivity index (χ2n) is 6.68. The Hall–Kier alpha value is -2.01. The summed E-state index contributed by atoms with van der Waals surface area (Å²) in [6.45, 7) is 8.54. The van der Waals surface area contributed by atoms with Gasteiger partial charge >= 0.3 is 5.97 Å². The van der Waals surface area contributed by atoms with Crippen LogP contribution in [0.25, 0.3) is 10.9 Å². The molecule has 3 rings (SSSR count). The average Bonchev–Trinajstić information content (AvgIpc) is 3.06. The maximum absolute atomic E-state index is 14.2. The van der Waals surface area contributed by atoms with Crippen LogP contribution in [0, 0.1) is 5.82 Å². The van der Waals surface area contributed by atoms with Gasteiger partial charge in [0, 0.05) is 28.4 Å². The lowest BCUT2D eigenvalue weighted by Crippen LogP contribution is -2.04. The summed E-state index contributed by atoms with van der Waals surface area (Å²) in [6.07, 6.45) is 4.46. The number of thioether (sulfide) groups is 1. The number of carboxylic acids is 1. The summed E-state index contributed by atoms with van der Waals surface area (Å²) in [5.41, 5.74) is 2.88. The number of aryl methyl sites for hydroxylation is 1. The molecule has 0 saturated heterocycles. The van der Waals surface area contributed by atoms with Crippen LogP contribution in [-0.2, 0) is 11.3 Å². The first-order valence-corrected chi connectivity index (χ1v) is 9.33. The molecule has 1 aromatic carbocycles. The molecule has 1 atom stereocenters. The van der Waals surface area contributed by atoms with Gasteiger partial charge in [-0.15, -0.1) is 0 Å². The van der Waals surface area contributed by atoms with Crippen molar-refractivity contribution in [3.05, 3.63) is 53.3 Å². The Kier molecular flexibility index (Phi) is 5.04. The van der Waals surface area contributed by atoms with Crippen molar-refractivity contribution in [1.29, 1.82) is 0 Å². The molecule has 1 unspecified atom stereocenters. The molecule has 0 spiro atoms. The number of carbonyl (C=O) groups is 1. The number of benzene rings is 1. The molecule has 1 N–H and O–H groups in total. The molecule has 0 amide bonds. The van der Waals surface area contributed by atoms with E-state index in [2.05, 4.69) is 25.0 Å². The van der Waals surface area contributed by atoms with E-state index >= 15 is 0 Å². The van der Waals surface area contributed by atoms with Gasteiger partial charge in [-0.05, 0) is 35.4 Å². The molecule has 2 heterocycles. The van der Waals surface area contributed by atoms with Crippen LogP contribution in [0.3, 0.4) is 0 Å². The van der Waals surface area contributed by atoms with Crippen molar-refractivity contribution >= 4 is 28.6 Å². The number of hydrogen-bond donors (Lipinski definition) is 1. The van der Waals surface area contributed by atoms with Gasteiger partial charge < -0.3 is 9.67 Å². The summed E-state index contributed by atoms with van der Waals surface area (Å²) >= 11 is 1.57. The van der Waals surface area contributed by atoms with E-state index in [4.69, 9.17) is 0 Å².